The molecule has 47 heavy (non-hydrogen) atoms. The molecule has 1 heterocycles. The zero-order chi connectivity index (χ0) is 34.8. The molecular weight excluding hydrogens is 616 g/mol. The van der Waals surface area contributed by atoms with E-state index in [2.05, 4.69) is 26.6 Å². The highest BCUT2D eigenvalue weighted by Crippen LogP contribution is 2.25. The molecule has 16 heteroatoms. The Labute approximate surface area is 273 Å². The highest BCUT2D eigenvalue weighted by Gasteiger charge is 2.39. The van der Waals surface area contributed by atoms with E-state index in [1.807, 2.05) is 13.8 Å². The smallest absolute Gasteiger partial charge is 0.243 e. The van der Waals surface area contributed by atoms with E-state index in [4.69, 9.17) is 9.47 Å². The van der Waals surface area contributed by atoms with Crippen LogP contribution in [0, 0.1) is 11.8 Å². The van der Waals surface area contributed by atoms with Crippen molar-refractivity contribution in [3.63, 3.8) is 0 Å². The summed E-state index contributed by atoms with van der Waals surface area (Å²) in [5.41, 5.74) is 0.739. The number of rotatable bonds is 21. The normalized spacial score (nSPS) is 14.8. The van der Waals surface area contributed by atoms with E-state index in [0.717, 1.165) is 5.56 Å². The number of likely N-dealkylation sites (tertiary alicyclic amines) is 1. The fourth-order valence-corrected chi connectivity index (χ4v) is 4.38. The Kier molecular flexibility index (Phi) is 16.7. The molecule has 0 radical (unpaired) electrons. The fourth-order valence-electron chi connectivity index (χ4n) is 4.38. The third-order valence-corrected chi connectivity index (χ3v) is 6.94. The first-order valence-corrected chi connectivity index (χ1v) is 15.3. The first kappa shape index (κ1) is 38.5. The molecule has 1 aliphatic heterocycles. The average Bonchev–Trinajstić information content (AvgIpc) is 3.32. The van der Waals surface area contributed by atoms with Gasteiger partial charge in [-0.2, -0.15) is 0 Å². The highest BCUT2D eigenvalue weighted by atomic mass is 16.5. The number of ketones is 1. The van der Waals surface area contributed by atoms with Crippen LogP contribution in [0.3, 0.4) is 0 Å². The van der Waals surface area contributed by atoms with Crippen molar-refractivity contribution in [1.82, 2.24) is 31.5 Å². The van der Waals surface area contributed by atoms with Crippen molar-refractivity contribution in [3.05, 3.63) is 35.9 Å². The highest BCUT2D eigenvalue weighted by molar-refractivity contribution is 6.03. The predicted molar refractivity (Wildman–Crippen MR) is 166 cm³/mol. The van der Waals surface area contributed by atoms with Gasteiger partial charge in [0.25, 0.3) is 0 Å². The van der Waals surface area contributed by atoms with E-state index in [-0.39, 0.29) is 81.8 Å². The molecule has 2 unspecified atom stereocenters. The van der Waals surface area contributed by atoms with Crippen LogP contribution in [0.5, 0.6) is 0 Å². The van der Waals surface area contributed by atoms with Crippen LogP contribution in [-0.4, -0.2) is 111 Å². The van der Waals surface area contributed by atoms with Gasteiger partial charge in [-0.25, -0.2) is 0 Å². The molecule has 0 aromatic heterocycles. The Hall–Kier alpha value is -4.70. The van der Waals surface area contributed by atoms with E-state index in [1.165, 1.54) is 11.8 Å². The van der Waals surface area contributed by atoms with Gasteiger partial charge >= 0.3 is 0 Å². The molecule has 1 fully saturated rings. The molecule has 1 aromatic rings. The molecule has 1 aliphatic rings. The number of benzene rings is 1. The zero-order valence-electron chi connectivity index (χ0n) is 26.9. The maximum absolute atomic E-state index is 12.8. The summed E-state index contributed by atoms with van der Waals surface area (Å²) in [6.07, 6.45) is 0.231. The maximum Gasteiger partial charge on any atom is 0.243 e. The number of carbonyl (C=O) groups excluding carboxylic acids is 8. The number of nitrogens with zero attached hydrogens (tertiary/aromatic N) is 1. The number of imide groups is 1. The molecule has 0 saturated carbocycles. The molecule has 16 nitrogen and oxygen atoms in total. The lowest BCUT2D eigenvalue weighted by Crippen LogP contribution is -2.52. The SMILES string of the molecule is CC(=O)COCNC(=O)CNC(=O)C(Cc1ccccc1)NC(=O)CNC(=O)CNC(=O)CCOCCN1C(=O)CC(C(C)C)C1=O. The Morgan fingerprint density at radius 1 is 0.830 bits per heavy atom. The van der Waals surface area contributed by atoms with Gasteiger partial charge < -0.3 is 36.1 Å². The van der Waals surface area contributed by atoms with Gasteiger partial charge in [0.1, 0.15) is 19.4 Å². The van der Waals surface area contributed by atoms with Gasteiger partial charge in [-0.3, -0.25) is 43.3 Å². The first-order chi connectivity index (χ1) is 22.4. The van der Waals surface area contributed by atoms with E-state index in [9.17, 15) is 38.4 Å². The maximum atomic E-state index is 12.8. The Bertz CT molecular complexity index is 1270. The number of hydrogen-bond donors (Lipinski definition) is 5. The molecule has 2 rings (SSSR count). The lowest BCUT2D eigenvalue weighted by atomic mass is 9.94. The van der Waals surface area contributed by atoms with Crippen LogP contribution in [0.2, 0.25) is 0 Å². The number of amides is 7. The van der Waals surface area contributed by atoms with Gasteiger partial charge in [0.05, 0.1) is 39.4 Å². The van der Waals surface area contributed by atoms with E-state index in [0.29, 0.717) is 0 Å². The van der Waals surface area contributed by atoms with Crippen LogP contribution >= 0.6 is 0 Å². The molecule has 2 atom stereocenters. The summed E-state index contributed by atoms with van der Waals surface area (Å²) in [5, 5.41) is 12.1. The summed E-state index contributed by atoms with van der Waals surface area (Å²) in [6.45, 7) is 3.66. The van der Waals surface area contributed by atoms with Crippen molar-refractivity contribution in [2.24, 2.45) is 11.8 Å². The van der Waals surface area contributed by atoms with Crippen molar-refractivity contribution in [3.8, 4) is 0 Å². The second kappa shape index (κ2) is 20.4. The van der Waals surface area contributed by atoms with Gasteiger partial charge in [0.2, 0.25) is 41.4 Å². The van der Waals surface area contributed by atoms with Crippen molar-refractivity contribution >= 4 is 47.1 Å². The Morgan fingerprint density at radius 2 is 1.47 bits per heavy atom. The quantitative estimate of drug-likeness (QED) is 0.0565. The second-order valence-electron chi connectivity index (χ2n) is 11.2. The molecule has 0 bridgehead atoms. The minimum atomic E-state index is -1.07. The average molecular weight is 661 g/mol. The van der Waals surface area contributed by atoms with Crippen LogP contribution in [0.15, 0.2) is 30.3 Å². The number of hydrogen-bond acceptors (Lipinski definition) is 10. The van der Waals surface area contributed by atoms with Crippen molar-refractivity contribution in [2.75, 3.05) is 52.7 Å². The summed E-state index contributed by atoms with van der Waals surface area (Å²) < 4.78 is 10.3. The lowest BCUT2D eigenvalue weighted by Gasteiger charge is -2.19. The van der Waals surface area contributed by atoms with Crippen molar-refractivity contribution < 1.29 is 47.8 Å². The number of Topliss-reactive ketones (excluding diaryl/α,β-unsaturated/α-hetero) is 1. The molecule has 0 spiro atoms. The van der Waals surface area contributed by atoms with Crippen molar-refractivity contribution in [2.45, 2.75) is 46.1 Å². The predicted octanol–water partition coefficient (Wildman–Crippen LogP) is -1.82. The molecule has 258 valence electrons. The Morgan fingerprint density at radius 3 is 2.13 bits per heavy atom. The molecule has 5 N–H and O–H groups in total. The van der Waals surface area contributed by atoms with Gasteiger partial charge in [0.15, 0.2) is 5.78 Å². The summed E-state index contributed by atoms with van der Waals surface area (Å²) in [7, 11) is 0. The fraction of sp³-hybridized carbons (Fsp3) is 0.548. The minimum Gasteiger partial charge on any atom is -0.379 e. The third-order valence-electron chi connectivity index (χ3n) is 6.94. The molecule has 7 amide bonds. The van der Waals surface area contributed by atoms with E-state index >= 15 is 0 Å². The van der Waals surface area contributed by atoms with Gasteiger partial charge in [0, 0.05) is 25.2 Å². The number of carbonyl (C=O) groups is 8. The lowest BCUT2D eigenvalue weighted by molar-refractivity contribution is -0.141. The van der Waals surface area contributed by atoms with Crippen LogP contribution in [-0.2, 0) is 54.3 Å². The second-order valence-corrected chi connectivity index (χ2v) is 11.2. The molecule has 1 aromatic carbocycles. The van der Waals surface area contributed by atoms with E-state index < -0.39 is 55.2 Å². The van der Waals surface area contributed by atoms with Gasteiger partial charge in [-0.1, -0.05) is 44.2 Å². The van der Waals surface area contributed by atoms with Crippen molar-refractivity contribution in [1.29, 1.82) is 0 Å². The summed E-state index contributed by atoms with van der Waals surface area (Å²) in [4.78, 5) is 98.1. The zero-order valence-corrected chi connectivity index (χ0v) is 26.9. The summed E-state index contributed by atoms with van der Waals surface area (Å²) in [5.74, 6) is -3.92. The monoisotopic (exact) mass is 660 g/mol. The third kappa shape index (κ3) is 15.0. The summed E-state index contributed by atoms with van der Waals surface area (Å²) in [6, 6.07) is 7.78. The number of nitrogens with one attached hydrogen (secondary N) is 5. The Balaban J connectivity index is 1.69. The standard InChI is InChI=1S/C31H44N6O10/c1-20(2)23-14-29(43)37(31(23)45)10-12-46-11-9-25(39)32-15-26(40)33-17-28(42)36-24(13-22-7-5-4-6-8-22)30(44)34-16-27(41)35-19-47-18-21(3)38/h4-8,20,23-24H,9-19H2,1-3H3,(H,32,39)(H,33,40)(H,34,44)(H,35,41)(H,36,42). The largest absolute Gasteiger partial charge is 0.379 e. The van der Waals surface area contributed by atoms with E-state index in [1.54, 1.807) is 30.3 Å². The summed E-state index contributed by atoms with van der Waals surface area (Å²) >= 11 is 0. The van der Waals surface area contributed by atoms with Gasteiger partial charge in [-0.15, -0.1) is 0 Å². The van der Waals surface area contributed by atoms with Gasteiger partial charge in [-0.05, 0) is 18.4 Å². The molecule has 1 saturated heterocycles. The first-order valence-electron chi connectivity index (χ1n) is 15.3. The molecular formula is C31H44N6O10. The molecule has 0 aliphatic carbocycles. The topological polar surface area (TPSA) is 218 Å². The van der Waals surface area contributed by atoms with Crippen LogP contribution < -0.4 is 26.6 Å². The van der Waals surface area contributed by atoms with Crippen LogP contribution in [0.25, 0.3) is 0 Å². The van der Waals surface area contributed by atoms with Crippen LogP contribution in [0.1, 0.15) is 39.2 Å². The minimum absolute atomic E-state index is 0.0137. The van der Waals surface area contributed by atoms with Crippen LogP contribution in [0.4, 0.5) is 0 Å². The number of ether oxygens (including phenoxy) is 2.